The van der Waals surface area contributed by atoms with Crippen LogP contribution in [0.25, 0.3) is 16.9 Å². The molecule has 1 aliphatic rings. The Kier molecular flexibility index (Phi) is 7.27. The van der Waals surface area contributed by atoms with E-state index >= 15 is 0 Å². The van der Waals surface area contributed by atoms with Gasteiger partial charge in [-0.2, -0.15) is 15.6 Å². The topological polar surface area (TPSA) is 97.7 Å². The normalized spacial score (nSPS) is 13.8. The van der Waals surface area contributed by atoms with E-state index in [9.17, 15) is 10.1 Å². The summed E-state index contributed by atoms with van der Waals surface area (Å²) in [5.41, 5.74) is 7.17. The number of piperidine rings is 1. The molecular weight excluding hydrogens is 448 g/mol. The average Bonchev–Trinajstić information content (AvgIpc) is 3.23. The van der Waals surface area contributed by atoms with Crippen LogP contribution < -0.4 is 5.43 Å². The first-order chi connectivity index (χ1) is 16.5. The van der Waals surface area contributed by atoms with Crippen LogP contribution in [0.1, 0.15) is 52.9 Å². The van der Waals surface area contributed by atoms with E-state index in [-0.39, 0.29) is 11.3 Å². The van der Waals surface area contributed by atoms with Crippen molar-refractivity contribution in [3.05, 3.63) is 69.9 Å². The highest BCUT2D eigenvalue weighted by molar-refractivity contribution is 6.30. The van der Waals surface area contributed by atoms with Gasteiger partial charge >= 0.3 is 0 Å². The minimum absolute atomic E-state index is 0.0889. The monoisotopic (exact) mass is 472 g/mol. The van der Waals surface area contributed by atoms with Crippen LogP contribution in [0.15, 0.2) is 42.5 Å². The lowest BCUT2D eigenvalue weighted by Crippen LogP contribution is -2.45. The molecule has 172 valence electrons. The summed E-state index contributed by atoms with van der Waals surface area (Å²) in [5.74, 6) is -0.393. The Labute approximate surface area is 204 Å². The van der Waals surface area contributed by atoms with Crippen LogP contribution in [0, 0.1) is 29.6 Å². The number of nitriles is 2. The highest BCUT2D eigenvalue weighted by Crippen LogP contribution is 2.31. The summed E-state index contributed by atoms with van der Waals surface area (Å²) in [7, 11) is 0. The second-order valence-corrected chi connectivity index (χ2v) is 8.81. The molecule has 8 heteroatoms. The molecule has 0 aliphatic carbocycles. The maximum absolute atomic E-state index is 13.2. The number of benzene rings is 2. The van der Waals surface area contributed by atoms with Gasteiger partial charge in [-0.25, -0.2) is 9.69 Å². The van der Waals surface area contributed by atoms with E-state index < -0.39 is 5.91 Å². The van der Waals surface area contributed by atoms with E-state index in [1.54, 1.807) is 10.7 Å². The van der Waals surface area contributed by atoms with Gasteiger partial charge in [0.05, 0.1) is 17.5 Å². The summed E-state index contributed by atoms with van der Waals surface area (Å²) >= 11 is 6.17. The molecule has 4 rings (SSSR count). The van der Waals surface area contributed by atoms with Gasteiger partial charge in [0.25, 0.3) is 5.91 Å². The van der Waals surface area contributed by atoms with Crippen molar-refractivity contribution in [3.8, 4) is 29.1 Å². The third-order valence-electron chi connectivity index (χ3n) is 5.97. The van der Waals surface area contributed by atoms with Gasteiger partial charge in [0.1, 0.15) is 11.6 Å². The maximum Gasteiger partial charge on any atom is 0.287 e. The molecule has 0 spiro atoms. The van der Waals surface area contributed by atoms with E-state index in [0.717, 1.165) is 54.7 Å². The first-order valence-corrected chi connectivity index (χ1v) is 11.7. The molecule has 34 heavy (non-hydrogen) atoms. The van der Waals surface area contributed by atoms with Gasteiger partial charge in [0.2, 0.25) is 0 Å². The smallest absolute Gasteiger partial charge is 0.283 e. The minimum Gasteiger partial charge on any atom is -0.283 e. The Morgan fingerprint density at radius 3 is 2.50 bits per heavy atom. The number of carbonyl (C=O) groups is 1. The van der Waals surface area contributed by atoms with Gasteiger partial charge in [-0.3, -0.25) is 10.2 Å². The van der Waals surface area contributed by atoms with Crippen LogP contribution in [0.2, 0.25) is 5.02 Å². The van der Waals surface area contributed by atoms with Crippen LogP contribution in [0.4, 0.5) is 0 Å². The van der Waals surface area contributed by atoms with Gasteiger partial charge in [-0.15, -0.1) is 0 Å². The van der Waals surface area contributed by atoms with Crippen molar-refractivity contribution in [2.75, 3.05) is 13.1 Å². The van der Waals surface area contributed by atoms with Crippen LogP contribution in [0.5, 0.6) is 0 Å². The second-order valence-electron chi connectivity index (χ2n) is 8.37. The highest BCUT2D eigenvalue weighted by atomic mass is 35.5. The number of nitrogens with zero attached hydrogens (tertiary/aromatic N) is 5. The average molecular weight is 473 g/mol. The summed E-state index contributed by atoms with van der Waals surface area (Å²) in [6.07, 6.45) is 4.28. The number of hydrogen-bond acceptors (Lipinski definition) is 5. The summed E-state index contributed by atoms with van der Waals surface area (Å²) in [6, 6.07) is 17.5. The lowest BCUT2D eigenvalue weighted by atomic mass is 10.0. The fourth-order valence-corrected chi connectivity index (χ4v) is 4.44. The third-order valence-corrected chi connectivity index (χ3v) is 6.20. The molecule has 1 fully saturated rings. The van der Waals surface area contributed by atoms with Crippen LogP contribution in [-0.2, 0) is 6.42 Å². The number of nitrogens with one attached hydrogen (secondary N) is 1. The van der Waals surface area contributed by atoms with Crippen molar-refractivity contribution in [1.29, 1.82) is 10.5 Å². The van der Waals surface area contributed by atoms with Crippen molar-refractivity contribution in [2.24, 2.45) is 0 Å². The first-order valence-electron chi connectivity index (χ1n) is 11.3. The number of rotatable bonds is 6. The predicted molar refractivity (Wildman–Crippen MR) is 130 cm³/mol. The molecule has 2 aromatic carbocycles. The first kappa shape index (κ1) is 23.5. The SMILES string of the molecule is Cc1cc(Cl)ccc1-n1nc(C(=O)NN2CCCCC2)c(C#N)c1-c1ccc(CCC#N)cc1. The summed E-state index contributed by atoms with van der Waals surface area (Å²) in [6.45, 7) is 3.47. The Hall–Kier alpha value is -3.65. The van der Waals surface area contributed by atoms with Gasteiger partial charge in [-0.1, -0.05) is 42.3 Å². The molecule has 2 heterocycles. The number of hydrazine groups is 1. The quantitative estimate of drug-likeness (QED) is 0.546. The molecule has 1 aliphatic heterocycles. The number of aryl methyl sites for hydroxylation is 2. The summed E-state index contributed by atoms with van der Waals surface area (Å²) < 4.78 is 1.65. The lowest BCUT2D eigenvalue weighted by molar-refractivity contribution is 0.0744. The molecule has 1 N–H and O–H groups in total. The van der Waals surface area contributed by atoms with Crippen molar-refractivity contribution in [2.45, 2.75) is 39.0 Å². The molecule has 1 saturated heterocycles. The molecule has 0 unspecified atom stereocenters. The number of hydrogen-bond donors (Lipinski definition) is 1. The van der Waals surface area contributed by atoms with Gasteiger partial charge < -0.3 is 0 Å². The summed E-state index contributed by atoms with van der Waals surface area (Å²) in [4.78, 5) is 13.2. The highest BCUT2D eigenvalue weighted by Gasteiger charge is 2.27. The van der Waals surface area contributed by atoms with E-state index in [2.05, 4.69) is 22.7 Å². The van der Waals surface area contributed by atoms with Crippen molar-refractivity contribution in [3.63, 3.8) is 0 Å². The van der Waals surface area contributed by atoms with Crippen LogP contribution in [-0.4, -0.2) is 33.8 Å². The summed E-state index contributed by atoms with van der Waals surface area (Å²) in [5, 5.41) is 26.1. The molecular formula is C26H25ClN6O. The number of halogens is 1. The number of aromatic nitrogens is 2. The molecule has 0 bridgehead atoms. The van der Waals surface area contributed by atoms with Gasteiger partial charge in [0.15, 0.2) is 5.69 Å². The molecule has 0 saturated carbocycles. The Morgan fingerprint density at radius 2 is 1.85 bits per heavy atom. The molecule has 0 radical (unpaired) electrons. The Bertz CT molecular complexity index is 1280. The van der Waals surface area contributed by atoms with Crippen molar-refractivity contribution in [1.82, 2.24) is 20.2 Å². The maximum atomic E-state index is 13.2. The Morgan fingerprint density at radius 1 is 1.12 bits per heavy atom. The van der Waals surface area contributed by atoms with E-state index in [0.29, 0.717) is 23.6 Å². The van der Waals surface area contributed by atoms with E-state index in [1.165, 1.54) is 0 Å². The molecule has 3 aromatic rings. The molecule has 7 nitrogen and oxygen atoms in total. The van der Waals surface area contributed by atoms with Crippen molar-refractivity contribution >= 4 is 17.5 Å². The Balaban J connectivity index is 1.81. The predicted octanol–water partition coefficient (Wildman–Crippen LogP) is 4.96. The fourth-order valence-electron chi connectivity index (χ4n) is 4.21. The van der Waals surface area contributed by atoms with Crippen molar-refractivity contribution < 1.29 is 4.79 Å². The second kappa shape index (κ2) is 10.5. The standard InChI is InChI=1S/C26H25ClN6O/c1-18-16-21(27)11-12-23(18)33-25(20-9-7-19(8-10-20)6-5-13-28)22(17-29)24(30-33)26(34)31-32-14-3-2-4-15-32/h7-12,16H,2-6,14-15H2,1H3,(H,31,34). The third kappa shape index (κ3) is 4.97. The van der Waals surface area contributed by atoms with Crippen LogP contribution in [0.3, 0.4) is 0 Å². The van der Waals surface area contributed by atoms with E-state index in [1.807, 2.05) is 48.3 Å². The van der Waals surface area contributed by atoms with Gasteiger partial charge in [-0.05, 0) is 55.5 Å². The lowest BCUT2D eigenvalue weighted by Gasteiger charge is -2.26. The number of carbonyl (C=O) groups excluding carboxylic acids is 1. The zero-order valence-electron chi connectivity index (χ0n) is 19.0. The van der Waals surface area contributed by atoms with Gasteiger partial charge in [0, 0.05) is 30.1 Å². The molecule has 0 atom stereocenters. The zero-order chi connectivity index (χ0) is 24.1. The van der Waals surface area contributed by atoms with E-state index in [4.69, 9.17) is 16.9 Å². The minimum atomic E-state index is -0.393. The largest absolute Gasteiger partial charge is 0.287 e. The zero-order valence-corrected chi connectivity index (χ0v) is 19.8. The molecule has 1 aromatic heterocycles. The van der Waals surface area contributed by atoms with Crippen LogP contribution >= 0.6 is 11.6 Å². The molecule has 1 amide bonds. The number of amides is 1. The fraction of sp³-hybridized carbons (Fsp3) is 0.308.